The summed E-state index contributed by atoms with van der Waals surface area (Å²) in [6, 6.07) is 9.14. The monoisotopic (exact) mass is 485 g/mol. The Bertz CT molecular complexity index is 886. The van der Waals surface area contributed by atoms with Crippen molar-refractivity contribution in [3.8, 4) is 11.8 Å². The van der Waals surface area contributed by atoms with Gasteiger partial charge < -0.3 is 26.0 Å². The molecule has 0 aliphatic heterocycles. The number of aliphatic hydroxyl groups is 2. The van der Waals surface area contributed by atoms with Crippen molar-refractivity contribution >= 4 is 39.9 Å². The van der Waals surface area contributed by atoms with Crippen LogP contribution in [-0.2, 0) is 0 Å². The predicted molar refractivity (Wildman–Crippen MR) is 105 cm³/mol. The number of aliphatic hydroxyl groups excluding tert-OH is 2. The largest absolute Gasteiger partial charge is 0.492 e. The Hall–Kier alpha value is -2.42. The van der Waals surface area contributed by atoms with Crippen LogP contribution in [0.1, 0.15) is 22.3 Å². The van der Waals surface area contributed by atoms with Gasteiger partial charge in [0.05, 0.1) is 36.3 Å². The Labute approximate surface area is 168 Å². The molecule has 2 aromatic rings. The maximum Gasteiger partial charge on any atom is 0.254 e. The first-order valence-electron chi connectivity index (χ1n) is 7.87. The molecular formula is C18H17FIN3O4. The van der Waals surface area contributed by atoms with Gasteiger partial charge >= 0.3 is 0 Å². The van der Waals surface area contributed by atoms with Crippen LogP contribution in [0.15, 0.2) is 30.3 Å². The highest BCUT2D eigenvalue weighted by Gasteiger charge is 2.19. The van der Waals surface area contributed by atoms with E-state index >= 15 is 0 Å². The van der Waals surface area contributed by atoms with Gasteiger partial charge in [0.1, 0.15) is 23.2 Å². The fourth-order valence-electron chi connectivity index (χ4n) is 2.31. The van der Waals surface area contributed by atoms with Crippen LogP contribution in [0.2, 0.25) is 0 Å². The Balaban J connectivity index is 2.39. The zero-order valence-corrected chi connectivity index (χ0v) is 16.2. The maximum absolute atomic E-state index is 14.0. The van der Waals surface area contributed by atoms with Crippen molar-refractivity contribution in [2.45, 2.75) is 12.5 Å². The van der Waals surface area contributed by atoms with Gasteiger partial charge in [0.15, 0.2) is 0 Å². The molecule has 0 bridgehead atoms. The van der Waals surface area contributed by atoms with Crippen molar-refractivity contribution < 1.29 is 24.1 Å². The summed E-state index contributed by atoms with van der Waals surface area (Å²) in [4.78, 5) is 11.9. The highest BCUT2D eigenvalue weighted by molar-refractivity contribution is 14.1. The van der Waals surface area contributed by atoms with Crippen LogP contribution in [0, 0.1) is 20.7 Å². The van der Waals surface area contributed by atoms with Crippen molar-refractivity contribution in [1.29, 1.82) is 5.26 Å². The summed E-state index contributed by atoms with van der Waals surface area (Å²) in [6.45, 7) is -0.496. The van der Waals surface area contributed by atoms with Crippen LogP contribution >= 0.6 is 22.6 Å². The number of nitrogens with two attached hydrogens (primary N) is 1. The molecule has 142 valence electrons. The minimum Gasteiger partial charge on any atom is -0.492 e. The van der Waals surface area contributed by atoms with E-state index in [1.807, 2.05) is 6.07 Å². The third-order valence-corrected chi connectivity index (χ3v) is 4.28. The summed E-state index contributed by atoms with van der Waals surface area (Å²) in [6.07, 6.45) is -0.901. The summed E-state index contributed by atoms with van der Waals surface area (Å²) in [7, 11) is 0. The Morgan fingerprint density at radius 3 is 2.74 bits per heavy atom. The van der Waals surface area contributed by atoms with Crippen molar-refractivity contribution in [3.63, 3.8) is 0 Å². The number of carbonyl (C=O) groups is 1. The van der Waals surface area contributed by atoms with E-state index < -0.39 is 24.4 Å². The number of nitrogens with zero attached hydrogens (tertiary/aromatic N) is 1. The van der Waals surface area contributed by atoms with Gasteiger partial charge in [-0.15, -0.1) is 0 Å². The average molecular weight is 485 g/mol. The molecule has 7 nitrogen and oxygen atoms in total. The summed E-state index contributed by atoms with van der Waals surface area (Å²) in [5, 5.41) is 30.3. The van der Waals surface area contributed by atoms with Gasteiger partial charge in [0.25, 0.3) is 5.91 Å². The minimum atomic E-state index is -0.988. The molecule has 2 rings (SSSR count). The van der Waals surface area contributed by atoms with Crippen LogP contribution in [0.3, 0.4) is 0 Å². The predicted octanol–water partition coefficient (Wildman–Crippen LogP) is 2.27. The molecule has 5 N–H and O–H groups in total. The van der Waals surface area contributed by atoms with E-state index in [-0.39, 0.29) is 30.0 Å². The number of anilines is 2. The van der Waals surface area contributed by atoms with Crippen LogP contribution < -0.4 is 15.8 Å². The molecule has 0 aromatic heterocycles. The van der Waals surface area contributed by atoms with Gasteiger partial charge in [-0.25, -0.2) is 4.39 Å². The smallest absolute Gasteiger partial charge is 0.254 e. The number of hydrogen-bond donors (Lipinski definition) is 4. The molecule has 0 heterocycles. The number of halogens is 2. The quantitative estimate of drug-likeness (QED) is 0.425. The lowest BCUT2D eigenvalue weighted by Gasteiger charge is -2.16. The number of benzene rings is 2. The Morgan fingerprint density at radius 1 is 1.37 bits per heavy atom. The van der Waals surface area contributed by atoms with Gasteiger partial charge in [-0.3, -0.25) is 4.79 Å². The van der Waals surface area contributed by atoms with E-state index in [4.69, 9.17) is 15.6 Å². The second kappa shape index (κ2) is 9.50. The van der Waals surface area contributed by atoms with Crippen LogP contribution in [0.4, 0.5) is 15.8 Å². The maximum atomic E-state index is 14.0. The summed E-state index contributed by atoms with van der Waals surface area (Å²) in [5.41, 5.74) is 6.10. The van der Waals surface area contributed by atoms with Gasteiger partial charge in [-0.2, -0.15) is 5.26 Å². The Morgan fingerprint density at radius 2 is 2.11 bits per heavy atom. The number of carbonyl (C=O) groups excluding carboxylic acids is 1. The van der Waals surface area contributed by atoms with Crippen molar-refractivity contribution in [3.05, 3.63) is 50.8 Å². The SMILES string of the molecule is N#Cc1cc(I)ccc1Nc1cc(F)cc(OCC[C@@H](O)CO)c1C(N)=O. The molecule has 0 spiro atoms. The number of nitriles is 1. The average Bonchev–Trinajstić information content (AvgIpc) is 2.62. The normalized spacial score (nSPS) is 11.5. The van der Waals surface area contributed by atoms with E-state index in [0.717, 1.165) is 15.7 Å². The standard InChI is InChI=1S/C18H17FIN3O4/c19-11-6-15(23-14-2-1-12(20)5-10(14)8-21)17(18(22)26)16(7-11)27-4-3-13(25)9-24/h1-2,5-7,13,23-25H,3-4,9H2,(H2,22,26)/t13-/m1/s1. The lowest BCUT2D eigenvalue weighted by Crippen LogP contribution is -2.19. The van der Waals surface area contributed by atoms with Gasteiger partial charge in [-0.1, -0.05) is 0 Å². The van der Waals surface area contributed by atoms with E-state index in [2.05, 4.69) is 27.9 Å². The molecule has 0 saturated carbocycles. The fraction of sp³-hybridized carbons (Fsp3) is 0.222. The van der Waals surface area contributed by atoms with E-state index in [9.17, 15) is 19.6 Å². The molecule has 1 atom stereocenters. The zero-order valence-electron chi connectivity index (χ0n) is 14.1. The Kier molecular flexibility index (Phi) is 7.35. The first kappa shape index (κ1) is 20.9. The number of primary amides is 1. The molecule has 27 heavy (non-hydrogen) atoms. The molecule has 0 saturated heterocycles. The van der Waals surface area contributed by atoms with Crippen LogP contribution in [0.25, 0.3) is 0 Å². The highest BCUT2D eigenvalue weighted by Crippen LogP contribution is 2.32. The summed E-state index contributed by atoms with van der Waals surface area (Å²) >= 11 is 2.06. The van der Waals surface area contributed by atoms with E-state index in [1.54, 1.807) is 18.2 Å². The van der Waals surface area contributed by atoms with Crippen molar-refractivity contribution in [2.75, 3.05) is 18.5 Å². The number of ether oxygens (including phenoxy) is 1. The molecular weight excluding hydrogens is 468 g/mol. The number of hydrogen-bond acceptors (Lipinski definition) is 6. The van der Waals surface area contributed by atoms with E-state index in [1.165, 1.54) is 0 Å². The van der Waals surface area contributed by atoms with Gasteiger partial charge in [-0.05, 0) is 46.9 Å². The minimum absolute atomic E-state index is 0.0536. The van der Waals surface area contributed by atoms with Gasteiger partial charge in [0.2, 0.25) is 0 Å². The second-order valence-electron chi connectivity index (χ2n) is 5.59. The zero-order chi connectivity index (χ0) is 20.0. The summed E-state index contributed by atoms with van der Waals surface area (Å²) < 4.78 is 20.3. The lowest BCUT2D eigenvalue weighted by atomic mass is 10.1. The molecule has 0 aliphatic rings. The first-order valence-corrected chi connectivity index (χ1v) is 8.95. The van der Waals surface area contributed by atoms with Crippen LogP contribution in [-0.4, -0.2) is 35.4 Å². The summed E-state index contributed by atoms with van der Waals surface area (Å²) in [5.74, 6) is -1.62. The van der Waals surface area contributed by atoms with Crippen molar-refractivity contribution in [2.24, 2.45) is 5.73 Å². The topological polar surface area (TPSA) is 129 Å². The van der Waals surface area contributed by atoms with Gasteiger partial charge in [0, 0.05) is 16.1 Å². The van der Waals surface area contributed by atoms with Crippen molar-refractivity contribution in [1.82, 2.24) is 0 Å². The number of nitrogens with one attached hydrogen (secondary N) is 1. The number of rotatable bonds is 8. The third kappa shape index (κ3) is 5.53. The molecule has 9 heteroatoms. The molecule has 1 amide bonds. The first-order chi connectivity index (χ1) is 12.8. The molecule has 2 aromatic carbocycles. The highest BCUT2D eigenvalue weighted by atomic mass is 127. The number of amides is 1. The molecule has 0 fully saturated rings. The molecule has 0 radical (unpaired) electrons. The second-order valence-corrected chi connectivity index (χ2v) is 6.84. The fourth-order valence-corrected chi connectivity index (χ4v) is 2.80. The molecule has 0 aliphatic carbocycles. The van der Waals surface area contributed by atoms with E-state index in [0.29, 0.717) is 11.3 Å². The lowest BCUT2D eigenvalue weighted by molar-refractivity contribution is 0.0751. The third-order valence-electron chi connectivity index (χ3n) is 3.60. The van der Waals surface area contributed by atoms with Crippen LogP contribution in [0.5, 0.6) is 5.75 Å². The molecule has 0 unspecified atom stereocenters.